The first-order valence-corrected chi connectivity index (χ1v) is 12.2. The van der Waals surface area contributed by atoms with Gasteiger partial charge in [-0.05, 0) is 31.4 Å². The molecule has 0 spiro atoms. The number of hydrogen-bond donors (Lipinski definition) is 3. The summed E-state index contributed by atoms with van der Waals surface area (Å²) in [7, 11) is 2.69. The number of carbonyl (C=O) groups is 4. The smallest absolute Gasteiger partial charge is 0.274 e. The zero-order valence-electron chi connectivity index (χ0n) is 22.2. The van der Waals surface area contributed by atoms with Gasteiger partial charge in [-0.2, -0.15) is 0 Å². The van der Waals surface area contributed by atoms with Gasteiger partial charge >= 0.3 is 0 Å². The van der Waals surface area contributed by atoms with Gasteiger partial charge in [-0.25, -0.2) is 4.39 Å². The van der Waals surface area contributed by atoms with Crippen molar-refractivity contribution in [3.8, 4) is 0 Å². The van der Waals surface area contributed by atoms with Crippen molar-refractivity contribution in [3.05, 3.63) is 52.9 Å². The maximum atomic E-state index is 13.3. The van der Waals surface area contributed by atoms with E-state index in [4.69, 9.17) is 18.7 Å². The first-order valence-electron chi connectivity index (χ1n) is 12.2. The Hall–Kier alpha value is -3.68. The van der Waals surface area contributed by atoms with E-state index in [1.54, 1.807) is 38.1 Å². The SMILES string of the molecule is COCC(NC(=O)c1cc(C)on1)C(=O)N[C@@H](COC)C(=O)NC(Cc1cccc(CF)c1)C(=O)C1(C)CO1. The quantitative estimate of drug-likeness (QED) is 0.268. The van der Waals surface area contributed by atoms with Crippen molar-refractivity contribution in [2.45, 2.75) is 50.7 Å². The van der Waals surface area contributed by atoms with Crippen molar-refractivity contribution >= 4 is 23.5 Å². The number of ketones is 1. The van der Waals surface area contributed by atoms with Crippen molar-refractivity contribution in [2.24, 2.45) is 0 Å². The molecule has 3 rings (SSSR count). The summed E-state index contributed by atoms with van der Waals surface area (Å²) in [6, 6.07) is 4.63. The lowest BCUT2D eigenvalue weighted by molar-refractivity contribution is -0.134. The third-order valence-electron chi connectivity index (χ3n) is 6.10. The Morgan fingerprint density at radius 3 is 2.13 bits per heavy atom. The molecule has 3 unspecified atom stereocenters. The molecule has 1 fully saturated rings. The predicted molar refractivity (Wildman–Crippen MR) is 134 cm³/mol. The van der Waals surface area contributed by atoms with Crippen LogP contribution in [0.5, 0.6) is 0 Å². The second-order valence-corrected chi connectivity index (χ2v) is 9.42. The minimum absolute atomic E-state index is 0.0263. The molecule has 1 aliphatic rings. The average Bonchev–Trinajstić information content (AvgIpc) is 3.52. The van der Waals surface area contributed by atoms with E-state index in [1.165, 1.54) is 20.3 Å². The lowest BCUT2D eigenvalue weighted by atomic mass is 9.94. The van der Waals surface area contributed by atoms with Crippen LogP contribution in [0.2, 0.25) is 0 Å². The number of halogens is 1. The number of Topliss-reactive ketones (excluding diaryl/α,β-unsaturated/α-hetero) is 1. The van der Waals surface area contributed by atoms with Gasteiger partial charge in [0.25, 0.3) is 5.91 Å². The molecule has 1 aliphatic heterocycles. The second-order valence-electron chi connectivity index (χ2n) is 9.42. The predicted octanol–water partition coefficient (Wildman–Crippen LogP) is 0.414. The molecule has 0 bridgehead atoms. The number of hydrogen-bond acceptors (Lipinski definition) is 9. The fraction of sp³-hybridized carbons (Fsp3) is 0.500. The monoisotopic (exact) mass is 548 g/mol. The number of ether oxygens (including phenoxy) is 3. The van der Waals surface area contributed by atoms with E-state index in [1.807, 2.05) is 0 Å². The fourth-order valence-corrected chi connectivity index (χ4v) is 3.85. The lowest BCUT2D eigenvalue weighted by Crippen LogP contribution is -2.59. The Kier molecular flexibility index (Phi) is 10.3. The van der Waals surface area contributed by atoms with Crippen LogP contribution < -0.4 is 16.0 Å². The molecule has 4 atom stereocenters. The normalized spacial score (nSPS) is 18.5. The molecule has 3 amide bonds. The molecule has 2 heterocycles. The third-order valence-corrected chi connectivity index (χ3v) is 6.10. The minimum atomic E-state index is -1.21. The molecule has 0 aliphatic carbocycles. The number of methoxy groups -OCH3 is 2. The summed E-state index contributed by atoms with van der Waals surface area (Å²) in [5.41, 5.74) is 0.0199. The maximum Gasteiger partial charge on any atom is 0.274 e. The van der Waals surface area contributed by atoms with E-state index in [9.17, 15) is 23.6 Å². The van der Waals surface area contributed by atoms with Gasteiger partial charge in [-0.3, -0.25) is 19.2 Å². The van der Waals surface area contributed by atoms with Crippen LogP contribution in [0, 0.1) is 6.92 Å². The number of amides is 3. The van der Waals surface area contributed by atoms with Gasteiger partial charge in [-0.1, -0.05) is 29.4 Å². The van der Waals surface area contributed by atoms with Gasteiger partial charge in [0.05, 0.1) is 25.9 Å². The van der Waals surface area contributed by atoms with Gasteiger partial charge in [0, 0.05) is 20.3 Å². The number of nitrogens with zero attached hydrogens (tertiary/aromatic N) is 1. The van der Waals surface area contributed by atoms with E-state index in [0.29, 0.717) is 16.9 Å². The van der Waals surface area contributed by atoms with Crippen molar-refractivity contribution in [2.75, 3.05) is 34.0 Å². The van der Waals surface area contributed by atoms with Crippen molar-refractivity contribution in [1.82, 2.24) is 21.1 Å². The Bertz CT molecular complexity index is 1180. The van der Waals surface area contributed by atoms with Crippen LogP contribution in [0.25, 0.3) is 0 Å². The molecule has 0 radical (unpaired) electrons. The highest BCUT2D eigenvalue weighted by molar-refractivity contribution is 5.99. The summed E-state index contributed by atoms with van der Waals surface area (Å²) in [5.74, 6) is -2.02. The summed E-state index contributed by atoms with van der Waals surface area (Å²) < 4.78 is 33.5. The van der Waals surface area contributed by atoms with E-state index in [2.05, 4.69) is 21.1 Å². The zero-order chi connectivity index (χ0) is 28.6. The molecular formula is C26H33FN4O8. The van der Waals surface area contributed by atoms with Gasteiger partial charge in [0.2, 0.25) is 11.8 Å². The standard InChI is InChI=1S/C26H33FN4O8/c1-15-8-19(31-39-15)23(33)29-21(13-37-4)25(35)30-20(12-36-3)24(34)28-18(22(32)26(2)14-38-26)10-16-6-5-7-17(9-16)11-27/h5-9,18,20-21H,10-14H2,1-4H3,(H,28,34)(H,29,33)(H,30,35)/t18?,20-,21?,26?/m0/s1. The molecule has 1 saturated heterocycles. The summed E-state index contributed by atoms with van der Waals surface area (Å²) in [6.07, 6.45) is 0.0878. The molecule has 0 saturated carbocycles. The summed E-state index contributed by atoms with van der Waals surface area (Å²) in [6.45, 7) is 2.36. The number of nitrogens with one attached hydrogen (secondary N) is 3. The number of carbonyl (C=O) groups excluding carboxylic acids is 4. The van der Waals surface area contributed by atoms with Crippen LogP contribution in [-0.2, 0) is 41.7 Å². The third kappa shape index (κ3) is 8.15. The molecule has 39 heavy (non-hydrogen) atoms. The minimum Gasteiger partial charge on any atom is -0.382 e. The first kappa shape index (κ1) is 29.9. The highest BCUT2D eigenvalue weighted by Crippen LogP contribution is 2.29. The van der Waals surface area contributed by atoms with E-state index >= 15 is 0 Å². The number of alkyl halides is 1. The molecule has 1 aromatic carbocycles. The highest BCUT2D eigenvalue weighted by Gasteiger charge is 2.50. The molecule has 12 nitrogen and oxygen atoms in total. The van der Waals surface area contributed by atoms with Gasteiger partial charge in [0.1, 0.15) is 30.1 Å². The summed E-state index contributed by atoms with van der Waals surface area (Å²) in [4.78, 5) is 52.0. The number of rotatable bonds is 15. The Balaban J connectivity index is 1.73. The zero-order valence-corrected chi connectivity index (χ0v) is 22.2. The first-order chi connectivity index (χ1) is 18.6. The molecule has 212 valence electrons. The lowest BCUT2D eigenvalue weighted by Gasteiger charge is -2.25. The van der Waals surface area contributed by atoms with Crippen molar-refractivity contribution in [3.63, 3.8) is 0 Å². The van der Waals surface area contributed by atoms with Gasteiger partial charge in [0.15, 0.2) is 11.5 Å². The molecule has 1 aromatic heterocycles. The molecule has 3 N–H and O–H groups in total. The van der Waals surface area contributed by atoms with Crippen LogP contribution in [0.15, 0.2) is 34.9 Å². The van der Waals surface area contributed by atoms with Crippen molar-refractivity contribution in [1.29, 1.82) is 0 Å². The Labute approximate surface area is 224 Å². The summed E-state index contributed by atoms with van der Waals surface area (Å²) >= 11 is 0. The van der Waals surface area contributed by atoms with Crippen LogP contribution in [0.4, 0.5) is 4.39 Å². The van der Waals surface area contributed by atoms with Gasteiger partial charge < -0.3 is 34.7 Å². The van der Waals surface area contributed by atoms with Crippen LogP contribution in [-0.4, -0.2) is 86.4 Å². The number of aromatic nitrogens is 1. The Morgan fingerprint density at radius 1 is 1.00 bits per heavy atom. The number of aryl methyl sites for hydroxylation is 1. The van der Waals surface area contributed by atoms with Gasteiger partial charge in [-0.15, -0.1) is 0 Å². The fourth-order valence-electron chi connectivity index (χ4n) is 3.85. The maximum absolute atomic E-state index is 13.3. The molecule has 13 heteroatoms. The molecule has 2 aromatic rings. The van der Waals surface area contributed by atoms with Crippen LogP contribution in [0.1, 0.15) is 34.3 Å². The number of benzene rings is 1. The summed E-state index contributed by atoms with van der Waals surface area (Å²) in [5, 5.41) is 11.3. The largest absolute Gasteiger partial charge is 0.382 e. The van der Waals surface area contributed by atoms with E-state index < -0.39 is 48.1 Å². The van der Waals surface area contributed by atoms with E-state index in [-0.39, 0.29) is 37.7 Å². The van der Waals surface area contributed by atoms with Crippen LogP contribution in [0.3, 0.4) is 0 Å². The topological polar surface area (TPSA) is 161 Å². The molecular weight excluding hydrogens is 515 g/mol. The highest BCUT2D eigenvalue weighted by atomic mass is 19.1. The van der Waals surface area contributed by atoms with Crippen molar-refractivity contribution < 1.29 is 42.3 Å². The second kappa shape index (κ2) is 13.4. The van der Waals surface area contributed by atoms with E-state index in [0.717, 1.165) is 0 Å². The Morgan fingerprint density at radius 2 is 1.59 bits per heavy atom. The van der Waals surface area contributed by atoms with Crippen LogP contribution >= 0.6 is 0 Å². The average molecular weight is 549 g/mol. The number of epoxide rings is 1.